The van der Waals surface area contributed by atoms with Crippen LogP contribution in [0.2, 0.25) is 39.3 Å². The zero-order valence-corrected chi connectivity index (χ0v) is 18.6. The van der Waals surface area contributed by atoms with Gasteiger partial charge in [-0.3, -0.25) is 0 Å². The molecule has 0 atom stereocenters. The molecule has 0 aliphatic carbocycles. The molecule has 0 aliphatic rings. The van der Waals surface area contributed by atoms with Crippen LogP contribution in [-0.4, -0.2) is 27.5 Å². The van der Waals surface area contributed by atoms with Crippen LogP contribution < -0.4 is 0 Å². The van der Waals surface area contributed by atoms with E-state index >= 15 is 0 Å². The molecule has 0 aromatic carbocycles. The second-order valence-electron chi connectivity index (χ2n) is 8.91. The van der Waals surface area contributed by atoms with E-state index in [2.05, 4.69) is 90.8 Å². The fourth-order valence-corrected chi connectivity index (χ4v) is 6.04. The molecule has 0 radical (unpaired) electrons. The zero-order chi connectivity index (χ0) is 15.4. The van der Waals surface area contributed by atoms with Crippen LogP contribution in [0.25, 0.3) is 9.96 Å². The average Bonchev–Trinajstić information content (AvgIpc) is 1.64. The van der Waals surface area contributed by atoms with E-state index in [9.17, 15) is 0 Å². The molecule has 116 valence electrons. The Hall–Kier alpha value is 0.886. The second-order valence-corrected chi connectivity index (χ2v) is 18.0. The second kappa shape index (κ2) is 8.36. The van der Waals surface area contributed by atoms with Crippen LogP contribution in [0.15, 0.2) is 0 Å². The molecule has 0 rings (SSSR count). The Balaban J connectivity index is -0.000000256. The Labute approximate surface area is 135 Å². The Bertz CT molecular complexity index is 180. The van der Waals surface area contributed by atoms with Gasteiger partial charge in [0.25, 0.3) is 0 Å². The molecule has 0 spiro atoms. The summed E-state index contributed by atoms with van der Waals surface area (Å²) in [6.07, 6.45) is 0. The molecule has 0 aromatic heterocycles. The molecule has 0 fully saturated rings. The van der Waals surface area contributed by atoms with Gasteiger partial charge in [-0.25, -0.2) is 0 Å². The maximum Gasteiger partial charge on any atom is 2.00 e. The van der Waals surface area contributed by atoms with E-state index in [0.717, 1.165) is 0 Å². The first-order chi connectivity index (χ1) is 7.41. The quantitative estimate of drug-likeness (QED) is 0.553. The van der Waals surface area contributed by atoms with Crippen molar-refractivity contribution in [1.82, 2.24) is 0 Å². The smallest absolute Gasteiger partial charge is 0.660 e. The third-order valence-corrected chi connectivity index (χ3v) is 4.02. The van der Waals surface area contributed by atoms with Gasteiger partial charge in [-0.2, -0.15) is 0 Å². The van der Waals surface area contributed by atoms with Gasteiger partial charge in [0.05, 0.1) is 0 Å². The van der Waals surface area contributed by atoms with E-state index in [1.54, 1.807) is 0 Å². The topological polar surface area (TPSA) is 28.2 Å². The maximum absolute atomic E-state index is 4.68. The molecule has 0 saturated carbocycles. The van der Waals surface area contributed by atoms with Crippen molar-refractivity contribution in [1.29, 1.82) is 0 Å². The summed E-state index contributed by atoms with van der Waals surface area (Å²) in [6.45, 7) is 26.5. The van der Waals surface area contributed by atoms with Crippen LogP contribution in [-0.2, 0) is 17.4 Å². The van der Waals surface area contributed by atoms with Crippen LogP contribution in [0, 0.1) is 0 Å². The van der Waals surface area contributed by atoms with Crippen molar-refractivity contribution < 1.29 is 17.4 Å². The molecule has 0 amide bonds. The standard InChI is InChI=1S/2C7H18NSi.Cr/c2*1-7(2,3)8-9(4,5)6;/h2*1-6H3;/q2*-1;+2. The monoisotopic (exact) mass is 340 g/mol. The third kappa shape index (κ3) is 32.4. The molecule has 5 heteroatoms. The van der Waals surface area contributed by atoms with Crippen molar-refractivity contribution in [3.63, 3.8) is 0 Å². The minimum Gasteiger partial charge on any atom is -0.660 e. The minimum absolute atomic E-state index is 0. The van der Waals surface area contributed by atoms with E-state index < -0.39 is 16.5 Å². The van der Waals surface area contributed by atoms with E-state index in [0.29, 0.717) is 0 Å². The van der Waals surface area contributed by atoms with Crippen molar-refractivity contribution in [2.24, 2.45) is 0 Å². The molecular weight excluding hydrogens is 304 g/mol. The summed E-state index contributed by atoms with van der Waals surface area (Å²) in [5.41, 5.74) is 0.342. The van der Waals surface area contributed by atoms with Crippen molar-refractivity contribution in [3.05, 3.63) is 9.96 Å². The predicted molar refractivity (Wildman–Crippen MR) is 92.9 cm³/mol. The van der Waals surface area contributed by atoms with Crippen LogP contribution in [0.5, 0.6) is 0 Å². The summed E-state index contributed by atoms with van der Waals surface area (Å²) in [4.78, 5) is 9.36. The van der Waals surface area contributed by atoms with Gasteiger partial charge in [-0.1, -0.05) is 97.3 Å². The van der Waals surface area contributed by atoms with Crippen molar-refractivity contribution in [2.75, 3.05) is 0 Å². The van der Waals surface area contributed by atoms with Gasteiger partial charge >= 0.3 is 17.4 Å². The number of hydrogen-bond acceptors (Lipinski definition) is 0. The maximum atomic E-state index is 4.68. The minimum atomic E-state index is -1.17. The normalized spacial score (nSPS) is 13.3. The number of rotatable bonds is 2. The summed E-state index contributed by atoms with van der Waals surface area (Å²) >= 11 is 0. The van der Waals surface area contributed by atoms with Gasteiger partial charge in [0.15, 0.2) is 0 Å². The van der Waals surface area contributed by atoms with Gasteiger partial charge in [0.1, 0.15) is 0 Å². The summed E-state index contributed by atoms with van der Waals surface area (Å²) in [6, 6.07) is 0. The molecule has 0 aromatic rings. The number of hydrogen-bond donors (Lipinski definition) is 0. The predicted octanol–water partition coefficient (Wildman–Crippen LogP) is 5.98. The molecule has 19 heavy (non-hydrogen) atoms. The van der Waals surface area contributed by atoms with Crippen LogP contribution in [0.3, 0.4) is 0 Å². The molecule has 0 bridgehead atoms. The van der Waals surface area contributed by atoms with Crippen LogP contribution >= 0.6 is 0 Å². The van der Waals surface area contributed by atoms with Crippen LogP contribution in [0.1, 0.15) is 41.5 Å². The Morgan fingerprint density at radius 2 is 0.684 bits per heavy atom. The van der Waals surface area contributed by atoms with Gasteiger partial charge in [0, 0.05) is 0 Å². The zero-order valence-electron chi connectivity index (χ0n) is 15.3. The summed E-state index contributed by atoms with van der Waals surface area (Å²) < 4.78 is 0. The van der Waals surface area contributed by atoms with Gasteiger partial charge in [0.2, 0.25) is 0 Å². The van der Waals surface area contributed by atoms with Crippen molar-refractivity contribution in [2.45, 2.75) is 91.9 Å². The molecule has 0 heterocycles. The SMILES string of the molecule is CC(C)(C)[N-][Si](C)(C)C.CC(C)(C)[N-][Si](C)(C)C.[Cr+2]. The molecule has 0 aliphatic heterocycles. The van der Waals surface area contributed by atoms with Gasteiger partial charge in [-0.05, 0) is 0 Å². The molecule has 0 saturated heterocycles. The van der Waals surface area contributed by atoms with Crippen molar-refractivity contribution >= 4 is 16.5 Å². The largest absolute Gasteiger partial charge is 2.00 e. The fourth-order valence-electron chi connectivity index (χ4n) is 2.01. The Morgan fingerprint density at radius 1 is 0.526 bits per heavy atom. The van der Waals surface area contributed by atoms with Crippen LogP contribution in [0.4, 0.5) is 0 Å². The van der Waals surface area contributed by atoms with E-state index in [-0.39, 0.29) is 28.4 Å². The number of nitrogens with zero attached hydrogens (tertiary/aromatic N) is 2. The first-order valence-electron chi connectivity index (χ1n) is 6.89. The van der Waals surface area contributed by atoms with E-state index in [1.807, 2.05) is 0 Å². The summed E-state index contributed by atoms with van der Waals surface area (Å²) in [5, 5.41) is 0. The Kier molecular flexibility index (Phi) is 10.9. The van der Waals surface area contributed by atoms with E-state index in [4.69, 9.17) is 0 Å². The molecule has 0 unspecified atom stereocenters. The molecular formula is C14H36CrN2Si2. The van der Waals surface area contributed by atoms with Gasteiger partial charge in [-0.15, -0.1) is 11.1 Å². The molecule has 0 N–H and O–H groups in total. The fraction of sp³-hybridized carbons (Fsp3) is 1.00. The first-order valence-corrected chi connectivity index (χ1v) is 13.8. The summed E-state index contributed by atoms with van der Waals surface area (Å²) in [5.74, 6) is 0. The Morgan fingerprint density at radius 3 is 0.684 bits per heavy atom. The summed E-state index contributed by atoms with van der Waals surface area (Å²) in [7, 11) is -2.34. The average molecular weight is 341 g/mol. The third-order valence-electron chi connectivity index (χ3n) is 1.34. The van der Waals surface area contributed by atoms with E-state index in [1.165, 1.54) is 0 Å². The van der Waals surface area contributed by atoms with Crippen molar-refractivity contribution in [3.8, 4) is 0 Å². The van der Waals surface area contributed by atoms with Gasteiger partial charge < -0.3 is 9.96 Å². The molecule has 2 nitrogen and oxygen atoms in total. The first kappa shape index (κ1) is 24.9.